The van der Waals surface area contributed by atoms with Gasteiger partial charge < -0.3 is 90.4 Å². The molecule has 0 atom stereocenters. The molecule has 0 fully saturated rings. The van der Waals surface area contributed by atoms with Crippen molar-refractivity contribution in [3.63, 3.8) is 0 Å². The van der Waals surface area contributed by atoms with Crippen LogP contribution in [0.4, 0.5) is 0 Å². The molecule has 2 N–H and O–H groups in total. The molecule has 0 aliphatic heterocycles. The number of hydrogen-bond donors (Lipinski definition) is 2. The maximum atomic E-state index is 14.0. The summed E-state index contributed by atoms with van der Waals surface area (Å²) in [6.45, 7) is 23.5. The van der Waals surface area contributed by atoms with Gasteiger partial charge in [-0.05, 0) is 58.6 Å². The van der Waals surface area contributed by atoms with Crippen molar-refractivity contribution in [3.8, 4) is 17.2 Å². The van der Waals surface area contributed by atoms with Crippen molar-refractivity contribution in [2.45, 2.75) is 47.5 Å². The minimum Gasteiger partial charge on any atom is -0.508 e. The van der Waals surface area contributed by atoms with Crippen LogP contribution in [0.25, 0.3) is 21.9 Å². The Labute approximate surface area is 443 Å². The minimum absolute atomic E-state index is 0.0312. The van der Waals surface area contributed by atoms with Crippen LogP contribution in [-0.2, 0) is 83.9 Å². The van der Waals surface area contributed by atoms with E-state index in [0.29, 0.717) is 226 Å². The third-order valence-corrected chi connectivity index (χ3v) is 10.8. The molecule has 0 aliphatic rings. The Bertz CT molecular complexity index is 2050. The van der Waals surface area contributed by atoms with Crippen LogP contribution in [0.5, 0.6) is 17.2 Å². The Morgan fingerprint density at radius 2 is 0.720 bits per heavy atom. The molecule has 20 heteroatoms. The van der Waals surface area contributed by atoms with Gasteiger partial charge in [0.2, 0.25) is 5.43 Å². The van der Waals surface area contributed by atoms with E-state index in [9.17, 15) is 15.0 Å². The second kappa shape index (κ2) is 43.2. The van der Waals surface area contributed by atoms with Gasteiger partial charge in [0.1, 0.15) is 40.4 Å². The van der Waals surface area contributed by atoms with Crippen molar-refractivity contribution in [3.05, 3.63) is 62.3 Å². The van der Waals surface area contributed by atoms with Gasteiger partial charge in [0.05, 0.1) is 197 Å². The van der Waals surface area contributed by atoms with E-state index in [2.05, 4.69) is 0 Å². The molecule has 75 heavy (non-hydrogen) atoms. The van der Waals surface area contributed by atoms with Gasteiger partial charge in [-0.15, -0.1) is 0 Å². The molecule has 0 unspecified atom stereocenters. The molecule has 20 nitrogen and oxygen atoms in total. The summed E-state index contributed by atoms with van der Waals surface area (Å²) in [5.41, 5.74) is 3.90. The minimum atomic E-state index is -0.361. The molecule has 3 aromatic rings. The number of fused-ring (bicyclic) bond motifs is 2. The van der Waals surface area contributed by atoms with Crippen LogP contribution in [0, 0.1) is 6.92 Å². The molecule has 0 saturated carbocycles. The number of phenols is 2. The lowest BCUT2D eigenvalue weighted by atomic mass is 9.96. The number of ether oxygens (including phenoxy) is 16. The fourth-order valence-electron chi connectivity index (χ4n) is 6.84. The zero-order valence-corrected chi connectivity index (χ0v) is 45.7. The summed E-state index contributed by atoms with van der Waals surface area (Å²) in [5.74, 6) is 0.222. The van der Waals surface area contributed by atoms with E-state index in [0.717, 1.165) is 11.1 Å². The summed E-state index contributed by atoms with van der Waals surface area (Å²) in [6.07, 6.45) is 4.74. The fraction of sp³-hybridized carbons (Fsp3) is 0.691. The average Bonchev–Trinajstić information content (AvgIpc) is 3.39. The van der Waals surface area contributed by atoms with Crippen LogP contribution in [0.3, 0.4) is 0 Å². The van der Waals surface area contributed by atoms with E-state index in [4.69, 9.17) is 80.2 Å². The first kappa shape index (κ1) is 65.5. The first-order valence-corrected chi connectivity index (χ1v) is 26.1. The van der Waals surface area contributed by atoms with E-state index in [1.807, 2.05) is 39.8 Å². The van der Waals surface area contributed by atoms with Crippen molar-refractivity contribution >= 4 is 21.9 Å². The molecule has 1 aromatic heterocycles. The highest BCUT2D eigenvalue weighted by molar-refractivity contribution is 5.97. The fourth-order valence-corrected chi connectivity index (χ4v) is 6.84. The second-order valence-corrected chi connectivity index (χ2v) is 17.3. The van der Waals surface area contributed by atoms with E-state index in [1.165, 1.54) is 6.07 Å². The monoisotopic (exact) mass is 1070 g/mol. The maximum absolute atomic E-state index is 14.0. The van der Waals surface area contributed by atoms with E-state index in [-0.39, 0.29) is 46.7 Å². The van der Waals surface area contributed by atoms with Gasteiger partial charge in [-0.2, -0.15) is 0 Å². The van der Waals surface area contributed by atoms with Gasteiger partial charge in [-0.25, -0.2) is 0 Å². The Kier molecular flexibility index (Phi) is 37.7. The highest BCUT2D eigenvalue weighted by Gasteiger charge is 2.22. The lowest BCUT2D eigenvalue weighted by molar-refractivity contribution is -0.0299. The smallest absolute Gasteiger partial charge is 0.204 e. The first-order valence-electron chi connectivity index (χ1n) is 26.1. The first-order chi connectivity index (χ1) is 36.6. The molecule has 2 aromatic carbocycles. The number of aromatic hydroxyl groups is 2. The SMILES string of the molecule is COCCOCCOCCOCCOCCOCCOCCOCCOCCOCCOCCOCCOCCOCCOCCOc1cc2oc3cc(O)c(C)c(CC=C(C)C)c3c(=O)c2c(O)c1CC=C(C)C. The average molecular weight is 1070 g/mol. The van der Waals surface area contributed by atoms with Crippen LogP contribution in [0.1, 0.15) is 44.4 Å². The van der Waals surface area contributed by atoms with E-state index < -0.39 is 0 Å². The summed E-state index contributed by atoms with van der Waals surface area (Å²) >= 11 is 0. The summed E-state index contributed by atoms with van der Waals surface area (Å²) < 4.78 is 94.4. The van der Waals surface area contributed by atoms with Crippen molar-refractivity contribution in [1.29, 1.82) is 0 Å². The number of hydrogen-bond acceptors (Lipinski definition) is 20. The lowest BCUT2D eigenvalue weighted by Crippen LogP contribution is -2.16. The Morgan fingerprint density at radius 1 is 0.427 bits per heavy atom. The van der Waals surface area contributed by atoms with Gasteiger partial charge >= 0.3 is 0 Å². The maximum Gasteiger partial charge on any atom is 0.204 e. The molecular formula is C55H88O20. The third-order valence-electron chi connectivity index (χ3n) is 10.8. The summed E-state index contributed by atoms with van der Waals surface area (Å²) in [4.78, 5) is 14.0. The number of methoxy groups -OCH3 is 1. The van der Waals surface area contributed by atoms with Crippen molar-refractivity contribution in [2.75, 3.05) is 205 Å². The number of allylic oxidation sites excluding steroid dienone is 4. The van der Waals surface area contributed by atoms with Crippen LogP contribution in [-0.4, -0.2) is 216 Å². The molecule has 428 valence electrons. The molecule has 0 radical (unpaired) electrons. The molecule has 0 aliphatic carbocycles. The van der Waals surface area contributed by atoms with Gasteiger partial charge in [0.15, 0.2) is 0 Å². The molecule has 0 saturated heterocycles. The Morgan fingerprint density at radius 3 is 1.04 bits per heavy atom. The predicted octanol–water partition coefficient (Wildman–Crippen LogP) is 5.94. The molecule has 0 amide bonds. The number of benzene rings is 2. The quantitative estimate of drug-likeness (QED) is 0.0380. The van der Waals surface area contributed by atoms with Crippen LogP contribution in [0.15, 0.2) is 44.6 Å². The Balaban J connectivity index is 1.07. The van der Waals surface area contributed by atoms with Gasteiger partial charge in [-0.3, -0.25) is 4.79 Å². The van der Waals surface area contributed by atoms with Crippen molar-refractivity contribution in [1.82, 2.24) is 0 Å². The summed E-state index contributed by atoms with van der Waals surface area (Å²) in [6, 6.07) is 3.07. The normalized spacial score (nSPS) is 11.6. The molecule has 0 spiro atoms. The highest BCUT2D eigenvalue weighted by Crippen LogP contribution is 2.39. The van der Waals surface area contributed by atoms with Gasteiger partial charge in [-0.1, -0.05) is 23.3 Å². The van der Waals surface area contributed by atoms with Gasteiger partial charge in [0, 0.05) is 24.8 Å². The summed E-state index contributed by atoms with van der Waals surface area (Å²) in [7, 11) is 1.64. The number of phenolic OH excluding ortho intramolecular Hbond substituents is 2. The van der Waals surface area contributed by atoms with E-state index >= 15 is 0 Å². The Hall–Kier alpha value is -3.81. The van der Waals surface area contributed by atoms with Crippen LogP contribution >= 0.6 is 0 Å². The number of rotatable bonds is 50. The topological polar surface area (TPSA) is 218 Å². The molecule has 3 rings (SSSR count). The van der Waals surface area contributed by atoms with E-state index in [1.54, 1.807) is 20.1 Å². The molecule has 1 heterocycles. The van der Waals surface area contributed by atoms with Gasteiger partial charge in [0.25, 0.3) is 0 Å². The third kappa shape index (κ3) is 29.5. The molecular weight excluding hydrogens is 981 g/mol. The standard InChI is InChI=1S/C55H88O20/c1-43(2)7-9-46-45(5)48(56)41-50-52(46)55(58)53-51(75-50)42-49(47(54(53)57)10-8-44(3)4)74-40-39-73-38-37-72-36-35-71-34-33-70-32-31-69-30-29-68-28-27-67-26-25-66-24-23-65-22-21-64-20-19-63-18-17-62-16-15-61-14-13-60-12-11-59-6/h7-8,41-42,56-57H,9-40H2,1-6H3. The van der Waals surface area contributed by atoms with Crippen LogP contribution < -0.4 is 10.2 Å². The largest absolute Gasteiger partial charge is 0.508 e. The molecule has 0 bridgehead atoms. The summed E-state index contributed by atoms with van der Waals surface area (Å²) in [5, 5.41) is 22.6. The zero-order valence-electron chi connectivity index (χ0n) is 45.7. The van der Waals surface area contributed by atoms with Crippen molar-refractivity contribution in [2.24, 2.45) is 0 Å². The van der Waals surface area contributed by atoms with Crippen molar-refractivity contribution < 1.29 is 90.4 Å². The van der Waals surface area contributed by atoms with Crippen LogP contribution in [0.2, 0.25) is 0 Å². The predicted molar refractivity (Wildman–Crippen MR) is 283 cm³/mol. The lowest BCUT2D eigenvalue weighted by Gasteiger charge is -2.16. The highest BCUT2D eigenvalue weighted by atomic mass is 16.6. The second-order valence-electron chi connectivity index (χ2n) is 17.3. The zero-order chi connectivity index (χ0) is 54.0.